The van der Waals surface area contributed by atoms with E-state index >= 15 is 0 Å². The quantitative estimate of drug-likeness (QED) is 0.682. The Morgan fingerprint density at radius 1 is 0.765 bits per heavy atom. The van der Waals surface area contributed by atoms with Crippen molar-refractivity contribution < 1.29 is 9.31 Å². The summed E-state index contributed by atoms with van der Waals surface area (Å²) in [6.07, 6.45) is 13.8. The highest BCUT2D eigenvalue weighted by molar-refractivity contribution is 6.19. The van der Waals surface area contributed by atoms with Crippen molar-refractivity contribution in [3.05, 3.63) is 0 Å². The standard InChI is InChI=1S/C14H24BO2/c1-3-7-12(8-4-1)14(11-16-15-17-14)13-9-5-2-6-10-13/h12-13H,1-11H2. The van der Waals surface area contributed by atoms with E-state index in [1.165, 1.54) is 64.2 Å². The maximum Gasteiger partial charge on any atom is 0.488 e. The van der Waals surface area contributed by atoms with E-state index in [9.17, 15) is 0 Å². The van der Waals surface area contributed by atoms with Crippen molar-refractivity contribution in [1.29, 1.82) is 0 Å². The lowest BCUT2D eigenvalue weighted by molar-refractivity contribution is -0.0548. The second-order valence-electron chi connectivity index (χ2n) is 6.15. The van der Waals surface area contributed by atoms with Crippen LogP contribution < -0.4 is 0 Å². The first-order valence-electron chi connectivity index (χ1n) is 7.53. The third-order valence-electron chi connectivity index (χ3n) is 5.24. The maximum atomic E-state index is 6.07. The van der Waals surface area contributed by atoms with Crippen LogP contribution in [0.15, 0.2) is 0 Å². The summed E-state index contributed by atoms with van der Waals surface area (Å²) >= 11 is 0. The first-order chi connectivity index (χ1) is 8.42. The molecule has 1 heterocycles. The third-order valence-corrected chi connectivity index (χ3v) is 5.24. The molecule has 0 aromatic rings. The minimum atomic E-state index is 0.0564. The summed E-state index contributed by atoms with van der Waals surface area (Å²) in [6, 6.07) is 0. The molecule has 3 aliphatic rings. The zero-order valence-electron chi connectivity index (χ0n) is 10.8. The smallest absolute Gasteiger partial charge is 0.410 e. The summed E-state index contributed by atoms with van der Waals surface area (Å²) in [5.41, 5.74) is 0.0564. The van der Waals surface area contributed by atoms with Crippen molar-refractivity contribution in [2.24, 2.45) is 11.8 Å². The van der Waals surface area contributed by atoms with Gasteiger partial charge in [0.05, 0.1) is 12.2 Å². The van der Waals surface area contributed by atoms with Gasteiger partial charge in [-0.25, -0.2) is 0 Å². The zero-order chi connectivity index (χ0) is 11.6. The molecule has 1 saturated heterocycles. The van der Waals surface area contributed by atoms with Crippen molar-refractivity contribution >= 4 is 7.69 Å². The number of hydrogen-bond acceptors (Lipinski definition) is 2. The predicted molar refractivity (Wildman–Crippen MR) is 68.7 cm³/mol. The Balaban J connectivity index is 1.75. The third kappa shape index (κ3) is 2.29. The van der Waals surface area contributed by atoms with E-state index in [4.69, 9.17) is 9.31 Å². The Hall–Kier alpha value is -0.0151. The zero-order valence-corrected chi connectivity index (χ0v) is 10.8. The molecule has 0 bridgehead atoms. The second kappa shape index (κ2) is 5.32. The van der Waals surface area contributed by atoms with Gasteiger partial charge < -0.3 is 9.31 Å². The van der Waals surface area contributed by atoms with E-state index in [-0.39, 0.29) is 5.60 Å². The summed E-state index contributed by atoms with van der Waals surface area (Å²) in [5, 5.41) is 0. The number of rotatable bonds is 2. The van der Waals surface area contributed by atoms with Crippen LogP contribution in [0.2, 0.25) is 0 Å². The van der Waals surface area contributed by atoms with Crippen molar-refractivity contribution in [3.8, 4) is 0 Å². The Morgan fingerprint density at radius 2 is 1.29 bits per heavy atom. The van der Waals surface area contributed by atoms with Gasteiger partial charge in [0.2, 0.25) is 0 Å². The summed E-state index contributed by atoms with van der Waals surface area (Å²) < 4.78 is 11.6. The first-order valence-corrected chi connectivity index (χ1v) is 7.53. The number of hydrogen-bond donors (Lipinski definition) is 0. The van der Waals surface area contributed by atoms with Gasteiger partial charge in [0.1, 0.15) is 0 Å². The summed E-state index contributed by atoms with van der Waals surface area (Å²) in [7, 11) is 1.63. The molecule has 3 heteroatoms. The molecule has 0 amide bonds. The maximum absolute atomic E-state index is 6.07. The fourth-order valence-electron chi connectivity index (χ4n) is 4.27. The summed E-state index contributed by atoms with van der Waals surface area (Å²) in [4.78, 5) is 0. The van der Waals surface area contributed by atoms with Crippen LogP contribution in [-0.2, 0) is 9.31 Å². The average molecular weight is 235 g/mol. The first kappa shape index (κ1) is 12.0. The highest BCUT2D eigenvalue weighted by Gasteiger charge is 2.49. The molecule has 95 valence electrons. The lowest BCUT2D eigenvalue weighted by Gasteiger charge is -2.45. The summed E-state index contributed by atoms with van der Waals surface area (Å²) in [5.74, 6) is 1.50. The Labute approximate surface area is 106 Å². The molecule has 0 aromatic carbocycles. The van der Waals surface area contributed by atoms with Crippen molar-refractivity contribution in [2.75, 3.05) is 6.61 Å². The molecule has 1 radical (unpaired) electrons. The lowest BCUT2D eigenvalue weighted by Crippen LogP contribution is -2.49. The highest BCUT2D eigenvalue weighted by Crippen LogP contribution is 2.46. The molecule has 0 spiro atoms. The van der Waals surface area contributed by atoms with Crippen molar-refractivity contribution in [2.45, 2.75) is 69.8 Å². The van der Waals surface area contributed by atoms with Gasteiger partial charge in [0, 0.05) is 0 Å². The van der Waals surface area contributed by atoms with Crippen LogP contribution in [0.25, 0.3) is 0 Å². The van der Waals surface area contributed by atoms with Crippen LogP contribution in [0.1, 0.15) is 64.2 Å². The Kier molecular flexibility index (Phi) is 3.77. The molecule has 0 unspecified atom stereocenters. The van der Waals surface area contributed by atoms with E-state index < -0.39 is 0 Å². The van der Waals surface area contributed by atoms with Gasteiger partial charge in [-0.05, 0) is 37.5 Å². The molecule has 2 nitrogen and oxygen atoms in total. The van der Waals surface area contributed by atoms with Crippen molar-refractivity contribution in [1.82, 2.24) is 0 Å². The van der Waals surface area contributed by atoms with E-state index in [0.717, 1.165) is 18.4 Å². The normalized spacial score (nSPS) is 31.3. The summed E-state index contributed by atoms with van der Waals surface area (Å²) in [6.45, 7) is 0.822. The van der Waals surface area contributed by atoms with Gasteiger partial charge in [-0.3, -0.25) is 0 Å². The fourth-order valence-corrected chi connectivity index (χ4v) is 4.27. The molecule has 0 N–H and O–H groups in total. The van der Waals surface area contributed by atoms with Gasteiger partial charge in [-0.2, -0.15) is 0 Å². The van der Waals surface area contributed by atoms with Gasteiger partial charge in [-0.15, -0.1) is 0 Å². The molecule has 17 heavy (non-hydrogen) atoms. The van der Waals surface area contributed by atoms with Gasteiger partial charge >= 0.3 is 7.69 Å². The molecule has 0 atom stereocenters. The van der Waals surface area contributed by atoms with E-state index in [1.54, 1.807) is 7.69 Å². The van der Waals surface area contributed by atoms with E-state index in [2.05, 4.69) is 0 Å². The van der Waals surface area contributed by atoms with Crippen molar-refractivity contribution in [3.63, 3.8) is 0 Å². The van der Waals surface area contributed by atoms with Crippen LogP contribution in [0.4, 0.5) is 0 Å². The minimum Gasteiger partial charge on any atom is -0.410 e. The second-order valence-corrected chi connectivity index (χ2v) is 6.15. The molecule has 2 aliphatic carbocycles. The molecular weight excluding hydrogens is 211 g/mol. The molecule has 1 aliphatic heterocycles. The lowest BCUT2D eigenvalue weighted by atomic mass is 9.66. The Bertz CT molecular complexity index is 219. The molecule has 2 saturated carbocycles. The molecule has 3 rings (SSSR count). The SMILES string of the molecule is [B]1OCC(C2CCCCC2)(C2CCCCC2)O1. The van der Waals surface area contributed by atoms with Gasteiger partial charge in [0.15, 0.2) is 0 Å². The molecular formula is C14H24BO2. The fraction of sp³-hybridized carbons (Fsp3) is 1.00. The van der Waals surface area contributed by atoms with Crippen LogP contribution in [0.5, 0.6) is 0 Å². The topological polar surface area (TPSA) is 18.5 Å². The molecule has 3 fully saturated rings. The van der Waals surface area contributed by atoms with Crippen LogP contribution in [0.3, 0.4) is 0 Å². The Morgan fingerprint density at radius 3 is 1.71 bits per heavy atom. The van der Waals surface area contributed by atoms with Gasteiger partial charge in [-0.1, -0.05) is 38.5 Å². The van der Waals surface area contributed by atoms with Crippen LogP contribution >= 0.6 is 0 Å². The van der Waals surface area contributed by atoms with Crippen LogP contribution in [-0.4, -0.2) is 19.9 Å². The van der Waals surface area contributed by atoms with E-state index in [1.807, 2.05) is 0 Å². The van der Waals surface area contributed by atoms with Crippen LogP contribution in [0, 0.1) is 11.8 Å². The highest BCUT2D eigenvalue weighted by atomic mass is 16.6. The predicted octanol–water partition coefficient (Wildman–Crippen LogP) is 3.47. The molecule has 0 aromatic heterocycles. The largest absolute Gasteiger partial charge is 0.488 e. The minimum absolute atomic E-state index is 0.0564. The monoisotopic (exact) mass is 235 g/mol. The average Bonchev–Trinajstić information content (AvgIpc) is 2.91. The van der Waals surface area contributed by atoms with E-state index in [0.29, 0.717) is 0 Å². The van der Waals surface area contributed by atoms with Gasteiger partial charge in [0.25, 0.3) is 0 Å².